The van der Waals surface area contributed by atoms with E-state index in [2.05, 4.69) is 5.32 Å². The minimum Gasteiger partial charge on any atom is -0.444 e. The molecule has 0 aliphatic heterocycles. The van der Waals surface area contributed by atoms with E-state index in [1.807, 2.05) is 34.6 Å². The van der Waals surface area contributed by atoms with E-state index in [9.17, 15) is 4.79 Å². The van der Waals surface area contributed by atoms with Crippen molar-refractivity contribution >= 4 is 6.09 Å². The fourth-order valence-corrected chi connectivity index (χ4v) is 0.954. The third kappa shape index (κ3) is 5.80. The molecule has 0 saturated carbocycles. The predicted octanol–water partition coefficient (Wildman–Crippen LogP) is 1.64. The fourth-order valence-electron chi connectivity index (χ4n) is 0.954. The van der Waals surface area contributed by atoms with Gasteiger partial charge in [-0.2, -0.15) is 0 Å². The van der Waals surface area contributed by atoms with Gasteiger partial charge in [0, 0.05) is 12.1 Å². The maximum absolute atomic E-state index is 11.3. The Morgan fingerprint density at radius 1 is 1.50 bits per heavy atom. The van der Waals surface area contributed by atoms with Crippen molar-refractivity contribution in [2.24, 2.45) is 5.73 Å². The Labute approximate surface area is 86.2 Å². The summed E-state index contributed by atoms with van der Waals surface area (Å²) in [7, 11) is 0. The molecule has 0 spiro atoms. The molecule has 4 nitrogen and oxygen atoms in total. The quantitative estimate of drug-likeness (QED) is 0.731. The number of nitrogens with one attached hydrogen (secondary N) is 1. The summed E-state index contributed by atoms with van der Waals surface area (Å²) in [4.78, 5) is 11.3. The van der Waals surface area contributed by atoms with Crippen molar-refractivity contribution in [3.8, 4) is 0 Å². The van der Waals surface area contributed by atoms with Gasteiger partial charge >= 0.3 is 6.09 Å². The van der Waals surface area contributed by atoms with E-state index in [1.165, 1.54) is 0 Å². The zero-order valence-corrected chi connectivity index (χ0v) is 9.76. The molecule has 14 heavy (non-hydrogen) atoms. The van der Waals surface area contributed by atoms with Crippen LogP contribution >= 0.6 is 0 Å². The summed E-state index contributed by atoms with van der Waals surface area (Å²) in [5.41, 5.74) is 5.30. The fraction of sp³-hybridized carbons (Fsp3) is 0.900. The zero-order chi connectivity index (χ0) is 11.4. The van der Waals surface area contributed by atoms with Crippen molar-refractivity contribution in [2.75, 3.05) is 0 Å². The first-order valence-corrected chi connectivity index (χ1v) is 5.01. The Balaban J connectivity index is 3.95. The molecule has 0 aromatic carbocycles. The summed E-state index contributed by atoms with van der Waals surface area (Å²) < 4.78 is 5.10. The van der Waals surface area contributed by atoms with E-state index in [-0.39, 0.29) is 12.1 Å². The second-order valence-electron chi connectivity index (χ2n) is 4.51. The first kappa shape index (κ1) is 13.2. The van der Waals surface area contributed by atoms with Crippen LogP contribution in [0.2, 0.25) is 0 Å². The Hall–Kier alpha value is -0.770. The highest BCUT2D eigenvalue weighted by molar-refractivity contribution is 5.68. The van der Waals surface area contributed by atoms with Gasteiger partial charge in [0.25, 0.3) is 0 Å². The average Bonchev–Trinajstić information content (AvgIpc) is 1.99. The molecule has 0 saturated heterocycles. The summed E-state index contributed by atoms with van der Waals surface area (Å²) in [5.74, 6) is 0. The standard InChI is InChI=1S/C10H22N2O2/c1-6-8(11)7(2)12-9(13)14-10(3,4)5/h7-8H,6,11H2,1-5H3,(H,12,13)/t7-,8-/m0/s1. The van der Waals surface area contributed by atoms with Gasteiger partial charge < -0.3 is 15.8 Å². The molecule has 0 aliphatic carbocycles. The molecule has 0 radical (unpaired) electrons. The lowest BCUT2D eigenvalue weighted by molar-refractivity contribution is 0.0501. The zero-order valence-electron chi connectivity index (χ0n) is 9.76. The summed E-state index contributed by atoms with van der Waals surface area (Å²) in [6.45, 7) is 9.35. The molecule has 3 N–H and O–H groups in total. The topological polar surface area (TPSA) is 64.3 Å². The number of amides is 1. The van der Waals surface area contributed by atoms with Crippen molar-refractivity contribution < 1.29 is 9.53 Å². The van der Waals surface area contributed by atoms with E-state index in [4.69, 9.17) is 10.5 Å². The van der Waals surface area contributed by atoms with Gasteiger partial charge in [0.15, 0.2) is 0 Å². The monoisotopic (exact) mass is 202 g/mol. The van der Waals surface area contributed by atoms with Gasteiger partial charge in [-0.3, -0.25) is 0 Å². The molecule has 0 rings (SSSR count). The van der Waals surface area contributed by atoms with Crippen LogP contribution in [0.15, 0.2) is 0 Å². The molecular weight excluding hydrogens is 180 g/mol. The first-order valence-electron chi connectivity index (χ1n) is 5.01. The van der Waals surface area contributed by atoms with E-state index in [1.54, 1.807) is 0 Å². The summed E-state index contributed by atoms with van der Waals surface area (Å²) in [6, 6.07) is -0.0858. The maximum atomic E-state index is 11.3. The molecule has 0 aromatic rings. The molecule has 4 heteroatoms. The van der Waals surface area contributed by atoms with Crippen LogP contribution in [0, 0.1) is 0 Å². The normalized spacial score (nSPS) is 15.9. The highest BCUT2D eigenvalue weighted by atomic mass is 16.6. The highest BCUT2D eigenvalue weighted by Crippen LogP contribution is 2.07. The van der Waals surface area contributed by atoms with Crippen LogP contribution in [0.1, 0.15) is 41.0 Å². The third-order valence-electron chi connectivity index (χ3n) is 1.86. The van der Waals surface area contributed by atoms with Gasteiger partial charge in [0.1, 0.15) is 5.60 Å². The van der Waals surface area contributed by atoms with Crippen LogP contribution in [0.25, 0.3) is 0 Å². The average molecular weight is 202 g/mol. The van der Waals surface area contributed by atoms with Crippen molar-refractivity contribution in [2.45, 2.75) is 58.7 Å². The number of hydrogen-bond donors (Lipinski definition) is 2. The Morgan fingerprint density at radius 3 is 2.36 bits per heavy atom. The first-order chi connectivity index (χ1) is 6.26. The van der Waals surface area contributed by atoms with E-state index in [0.717, 1.165) is 6.42 Å². The third-order valence-corrected chi connectivity index (χ3v) is 1.86. The van der Waals surface area contributed by atoms with Gasteiger partial charge in [0.2, 0.25) is 0 Å². The van der Waals surface area contributed by atoms with E-state index >= 15 is 0 Å². The smallest absolute Gasteiger partial charge is 0.407 e. The van der Waals surface area contributed by atoms with Crippen molar-refractivity contribution in [3.63, 3.8) is 0 Å². The number of alkyl carbamates (subject to hydrolysis) is 1. The lowest BCUT2D eigenvalue weighted by atomic mass is 10.1. The van der Waals surface area contributed by atoms with Crippen LogP contribution in [0.3, 0.4) is 0 Å². The number of nitrogens with two attached hydrogens (primary N) is 1. The molecule has 0 aliphatic rings. The molecule has 84 valence electrons. The summed E-state index contributed by atoms with van der Waals surface area (Å²) >= 11 is 0. The largest absolute Gasteiger partial charge is 0.444 e. The van der Waals surface area contributed by atoms with Crippen molar-refractivity contribution in [1.29, 1.82) is 0 Å². The van der Waals surface area contributed by atoms with Crippen LogP contribution in [-0.4, -0.2) is 23.8 Å². The molecular formula is C10H22N2O2. The Morgan fingerprint density at radius 2 is 2.00 bits per heavy atom. The lowest BCUT2D eigenvalue weighted by Crippen LogP contribution is -2.46. The number of hydrogen-bond acceptors (Lipinski definition) is 3. The van der Waals surface area contributed by atoms with Crippen LogP contribution in [0.5, 0.6) is 0 Å². The minimum absolute atomic E-state index is 0.0254. The minimum atomic E-state index is -0.458. The van der Waals surface area contributed by atoms with E-state index in [0.29, 0.717) is 0 Å². The SMILES string of the molecule is CC[C@H](N)[C@H](C)NC(=O)OC(C)(C)C. The maximum Gasteiger partial charge on any atom is 0.407 e. The Bertz CT molecular complexity index is 187. The lowest BCUT2D eigenvalue weighted by Gasteiger charge is -2.24. The van der Waals surface area contributed by atoms with E-state index < -0.39 is 11.7 Å². The predicted molar refractivity (Wildman–Crippen MR) is 57.1 cm³/mol. The summed E-state index contributed by atoms with van der Waals surface area (Å²) in [5, 5.41) is 2.70. The van der Waals surface area contributed by atoms with Crippen LogP contribution < -0.4 is 11.1 Å². The van der Waals surface area contributed by atoms with Gasteiger partial charge in [-0.15, -0.1) is 0 Å². The molecule has 0 bridgehead atoms. The molecule has 2 atom stereocenters. The number of rotatable bonds is 3. The summed E-state index contributed by atoms with van der Waals surface area (Å²) in [6.07, 6.45) is 0.422. The molecule has 0 aromatic heterocycles. The van der Waals surface area contributed by atoms with Gasteiger partial charge in [-0.25, -0.2) is 4.79 Å². The second-order valence-corrected chi connectivity index (χ2v) is 4.51. The van der Waals surface area contributed by atoms with Crippen LogP contribution in [0.4, 0.5) is 4.79 Å². The molecule has 0 unspecified atom stereocenters. The number of carbonyl (C=O) groups excluding carboxylic acids is 1. The highest BCUT2D eigenvalue weighted by Gasteiger charge is 2.19. The number of ether oxygens (including phenoxy) is 1. The van der Waals surface area contributed by atoms with Gasteiger partial charge in [-0.05, 0) is 34.1 Å². The second kappa shape index (κ2) is 5.20. The van der Waals surface area contributed by atoms with Crippen molar-refractivity contribution in [3.05, 3.63) is 0 Å². The van der Waals surface area contributed by atoms with Gasteiger partial charge in [-0.1, -0.05) is 6.92 Å². The molecule has 1 amide bonds. The van der Waals surface area contributed by atoms with Crippen molar-refractivity contribution in [1.82, 2.24) is 5.32 Å². The van der Waals surface area contributed by atoms with Crippen LogP contribution in [-0.2, 0) is 4.74 Å². The van der Waals surface area contributed by atoms with Gasteiger partial charge in [0.05, 0.1) is 0 Å². The Kier molecular flexibility index (Phi) is 4.91. The number of carbonyl (C=O) groups is 1. The molecule has 0 fully saturated rings. The molecule has 0 heterocycles.